The summed E-state index contributed by atoms with van der Waals surface area (Å²) in [6, 6.07) is -0.885. The van der Waals surface area contributed by atoms with Gasteiger partial charge in [-0.25, -0.2) is 0 Å². The molecule has 0 spiro atoms. The second-order valence-corrected chi connectivity index (χ2v) is 28.1. The first-order valence-electron chi connectivity index (χ1n) is 36.7. The van der Waals surface area contributed by atoms with Crippen LogP contribution < -0.4 is 10.2 Å². The van der Waals surface area contributed by atoms with Crippen molar-refractivity contribution in [3.05, 3.63) is 24.3 Å². The molecule has 0 fully saturated rings. The largest absolute Gasteiger partial charge is 0.756 e. The van der Waals surface area contributed by atoms with Crippen LogP contribution in [0.25, 0.3) is 0 Å². The minimum Gasteiger partial charge on any atom is -0.756 e. The van der Waals surface area contributed by atoms with E-state index in [9.17, 15) is 19.4 Å². The number of phosphoric acid groups is 1. The van der Waals surface area contributed by atoms with Crippen molar-refractivity contribution in [1.82, 2.24) is 5.32 Å². The van der Waals surface area contributed by atoms with Crippen LogP contribution in [0.3, 0.4) is 0 Å². The van der Waals surface area contributed by atoms with Crippen LogP contribution in [0.2, 0.25) is 0 Å². The fraction of sp³-hybridized carbons (Fsp3) is 0.932. The molecule has 0 aromatic carbocycles. The topological polar surface area (TPSA) is 108 Å². The quantitative estimate of drug-likeness (QED) is 0.0272. The van der Waals surface area contributed by atoms with E-state index < -0.39 is 20.0 Å². The molecule has 2 N–H and O–H groups in total. The van der Waals surface area contributed by atoms with Gasteiger partial charge >= 0.3 is 0 Å². The average molecular weight is 1180 g/mol. The number of carbonyl (C=O) groups excluding carboxylic acids is 1. The highest BCUT2D eigenvalue weighted by molar-refractivity contribution is 7.45. The number of allylic oxidation sites excluding steroid dienone is 3. The minimum absolute atomic E-state index is 0.00226. The number of aliphatic hydroxyl groups is 1. The van der Waals surface area contributed by atoms with E-state index in [2.05, 4.69) is 31.3 Å². The number of carbonyl (C=O) groups is 1. The molecule has 0 aliphatic carbocycles. The first-order valence-corrected chi connectivity index (χ1v) is 38.2. The van der Waals surface area contributed by atoms with Gasteiger partial charge in [-0.1, -0.05) is 359 Å². The number of unbranched alkanes of at least 4 members (excludes halogenated alkanes) is 54. The number of likely N-dealkylation sites (N-methyl/N-ethyl adjacent to an activating group) is 1. The lowest BCUT2D eigenvalue weighted by Crippen LogP contribution is -2.45. The number of hydrogen-bond donors (Lipinski definition) is 2. The lowest BCUT2D eigenvalue weighted by Gasteiger charge is -2.29. The molecular formula is C73H145N2O6P. The third-order valence-electron chi connectivity index (χ3n) is 17.2. The fourth-order valence-corrected chi connectivity index (χ4v) is 12.2. The zero-order valence-corrected chi connectivity index (χ0v) is 56.9. The summed E-state index contributed by atoms with van der Waals surface area (Å²) in [6.07, 6.45) is 84.6. The average Bonchev–Trinajstić information content (AvgIpc) is 3.47. The molecule has 0 bridgehead atoms. The van der Waals surface area contributed by atoms with Crippen LogP contribution in [0.1, 0.15) is 386 Å². The summed E-state index contributed by atoms with van der Waals surface area (Å²) >= 11 is 0. The number of quaternary nitrogens is 1. The predicted octanol–water partition coefficient (Wildman–Crippen LogP) is 22.8. The third kappa shape index (κ3) is 66.5. The van der Waals surface area contributed by atoms with Crippen LogP contribution in [0.5, 0.6) is 0 Å². The molecule has 0 rings (SSSR count). The number of hydrogen-bond acceptors (Lipinski definition) is 6. The number of aliphatic hydroxyl groups excluding tert-OH is 1. The van der Waals surface area contributed by atoms with E-state index in [0.29, 0.717) is 17.4 Å². The molecule has 0 radical (unpaired) electrons. The van der Waals surface area contributed by atoms with Crippen molar-refractivity contribution in [2.45, 2.75) is 398 Å². The number of nitrogens with one attached hydrogen (secondary N) is 1. The summed E-state index contributed by atoms with van der Waals surface area (Å²) in [5, 5.41) is 14.0. The second-order valence-electron chi connectivity index (χ2n) is 26.7. The number of rotatable bonds is 69. The fourth-order valence-electron chi connectivity index (χ4n) is 11.4. The van der Waals surface area contributed by atoms with E-state index in [-0.39, 0.29) is 19.1 Å². The van der Waals surface area contributed by atoms with Crippen molar-refractivity contribution >= 4 is 13.7 Å². The first-order chi connectivity index (χ1) is 40.0. The van der Waals surface area contributed by atoms with Crippen LogP contribution in [0.15, 0.2) is 24.3 Å². The van der Waals surface area contributed by atoms with Crippen molar-refractivity contribution in [1.29, 1.82) is 0 Å². The molecule has 1 amide bonds. The van der Waals surface area contributed by atoms with E-state index in [1.807, 2.05) is 27.2 Å². The molecule has 3 atom stereocenters. The molecule has 0 aliphatic heterocycles. The number of phosphoric ester groups is 1. The number of amides is 1. The van der Waals surface area contributed by atoms with Crippen molar-refractivity contribution in [3.8, 4) is 0 Å². The summed E-state index contributed by atoms with van der Waals surface area (Å²) in [5.74, 6) is -0.188. The Morgan fingerprint density at radius 2 is 0.671 bits per heavy atom. The van der Waals surface area contributed by atoms with Gasteiger partial charge in [0.25, 0.3) is 7.82 Å². The van der Waals surface area contributed by atoms with Crippen LogP contribution in [0.4, 0.5) is 0 Å². The predicted molar refractivity (Wildman–Crippen MR) is 358 cm³/mol. The van der Waals surface area contributed by atoms with Gasteiger partial charge in [-0.15, -0.1) is 0 Å². The molecule has 0 aliphatic rings. The zero-order chi connectivity index (χ0) is 59.8. The number of nitrogens with zero attached hydrogens (tertiary/aromatic N) is 1. The smallest absolute Gasteiger partial charge is 0.268 e. The molecule has 0 saturated heterocycles. The Balaban J connectivity index is 3.95. The Hall–Kier alpha value is -1.02. The van der Waals surface area contributed by atoms with Crippen molar-refractivity contribution in [3.63, 3.8) is 0 Å². The highest BCUT2D eigenvalue weighted by Gasteiger charge is 2.23. The second kappa shape index (κ2) is 64.5. The molecule has 3 unspecified atom stereocenters. The Morgan fingerprint density at radius 3 is 0.951 bits per heavy atom. The normalized spacial score (nSPS) is 13.7. The van der Waals surface area contributed by atoms with Gasteiger partial charge in [0.05, 0.1) is 39.9 Å². The van der Waals surface area contributed by atoms with E-state index in [0.717, 1.165) is 38.5 Å². The maximum Gasteiger partial charge on any atom is 0.268 e. The molecule has 8 nitrogen and oxygen atoms in total. The lowest BCUT2D eigenvalue weighted by atomic mass is 10.0. The molecule has 9 heteroatoms. The monoisotopic (exact) mass is 1180 g/mol. The van der Waals surface area contributed by atoms with Gasteiger partial charge in [0.2, 0.25) is 5.91 Å². The van der Waals surface area contributed by atoms with Gasteiger partial charge in [-0.05, 0) is 44.9 Å². The van der Waals surface area contributed by atoms with Gasteiger partial charge in [-0.3, -0.25) is 9.36 Å². The SMILES string of the molecule is CCCCCCCCCC/C=C\CCCCCCCCCCCCCCCCCCCCCCCCCCCC(=O)NC(COP(=O)([O-])OCC[N+](C)(C)C)C(O)/C=C/CCCCCCCCCCCCCCCCCCCCCCC. The van der Waals surface area contributed by atoms with Crippen LogP contribution in [-0.2, 0) is 18.4 Å². The van der Waals surface area contributed by atoms with Gasteiger partial charge < -0.3 is 28.8 Å². The molecule has 488 valence electrons. The summed E-state index contributed by atoms with van der Waals surface area (Å²) in [4.78, 5) is 25.6. The van der Waals surface area contributed by atoms with Gasteiger partial charge in [0.1, 0.15) is 13.2 Å². The third-order valence-corrected chi connectivity index (χ3v) is 18.1. The maximum absolute atomic E-state index is 13.0. The van der Waals surface area contributed by atoms with Crippen LogP contribution >= 0.6 is 7.82 Å². The summed E-state index contributed by atoms with van der Waals surface area (Å²) in [7, 11) is 1.28. The van der Waals surface area contributed by atoms with Gasteiger partial charge in [0.15, 0.2) is 0 Å². The standard InChI is InChI=1S/C73H145N2O6P/c1-6-8-10-12-14-16-18-20-22-24-26-28-30-31-32-33-34-35-36-37-38-39-40-41-42-43-45-47-49-51-53-55-57-59-61-63-65-67-73(77)74-71(70-81-82(78,79)80-69-68-75(3,4)5)72(76)66-64-62-60-58-56-54-52-50-48-46-44-29-27-25-23-21-19-17-15-13-11-9-7-2/h24,26,64,66,71-72,76H,6-23,25,27-63,65,67-70H2,1-5H3,(H-,74,77,78,79)/b26-24-,66-64+. The van der Waals surface area contributed by atoms with E-state index in [1.54, 1.807) is 6.08 Å². The highest BCUT2D eigenvalue weighted by Crippen LogP contribution is 2.38. The first kappa shape index (κ1) is 81.0. The van der Waals surface area contributed by atoms with Crippen molar-refractivity contribution in [2.24, 2.45) is 0 Å². The Morgan fingerprint density at radius 1 is 0.415 bits per heavy atom. The maximum atomic E-state index is 13.0. The Labute approximate surface area is 513 Å². The zero-order valence-electron chi connectivity index (χ0n) is 56.0. The molecule has 82 heavy (non-hydrogen) atoms. The van der Waals surface area contributed by atoms with E-state index >= 15 is 0 Å². The van der Waals surface area contributed by atoms with E-state index in [4.69, 9.17) is 9.05 Å². The Bertz CT molecular complexity index is 1390. The van der Waals surface area contributed by atoms with Crippen LogP contribution in [-0.4, -0.2) is 68.5 Å². The van der Waals surface area contributed by atoms with Gasteiger partial charge in [-0.2, -0.15) is 0 Å². The summed E-state index contributed by atoms with van der Waals surface area (Å²) < 4.78 is 23.5. The summed E-state index contributed by atoms with van der Waals surface area (Å²) in [5.41, 5.74) is 0. The highest BCUT2D eigenvalue weighted by atomic mass is 31.2. The summed E-state index contributed by atoms with van der Waals surface area (Å²) in [6.45, 7) is 4.71. The Kier molecular flexibility index (Phi) is 63.7. The minimum atomic E-state index is -4.60. The molecule has 0 aromatic rings. The van der Waals surface area contributed by atoms with Crippen LogP contribution in [0, 0.1) is 0 Å². The lowest BCUT2D eigenvalue weighted by molar-refractivity contribution is -0.870. The van der Waals surface area contributed by atoms with E-state index in [1.165, 1.54) is 327 Å². The van der Waals surface area contributed by atoms with Crippen molar-refractivity contribution < 1.29 is 32.9 Å². The van der Waals surface area contributed by atoms with Crippen molar-refractivity contribution in [2.75, 3.05) is 40.9 Å². The van der Waals surface area contributed by atoms with Gasteiger partial charge in [0, 0.05) is 6.42 Å². The molecule has 0 aromatic heterocycles. The molecule has 0 heterocycles. The molecular weight excluding hydrogens is 1030 g/mol. The molecule has 0 saturated carbocycles.